The lowest BCUT2D eigenvalue weighted by Crippen LogP contribution is -2.31. The first-order chi connectivity index (χ1) is 10.2. The third-order valence-electron chi connectivity index (χ3n) is 3.98. The van der Waals surface area contributed by atoms with Crippen molar-refractivity contribution in [1.29, 1.82) is 0 Å². The summed E-state index contributed by atoms with van der Waals surface area (Å²) < 4.78 is 6.75. The van der Waals surface area contributed by atoms with Crippen LogP contribution in [0.25, 0.3) is 0 Å². The zero-order valence-corrected chi connectivity index (χ0v) is 14.8. The molecule has 21 heavy (non-hydrogen) atoms. The van der Waals surface area contributed by atoms with Crippen LogP contribution in [0.15, 0.2) is 22.7 Å². The summed E-state index contributed by atoms with van der Waals surface area (Å²) in [4.78, 5) is 2.38. The molecule has 0 amide bonds. The largest absolute Gasteiger partial charge is 0.381 e. The van der Waals surface area contributed by atoms with E-state index in [1.807, 2.05) is 0 Å². The molecule has 1 fully saturated rings. The van der Waals surface area contributed by atoms with Gasteiger partial charge in [0.1, 0.15) is 0 Å². The predicted molar refractivity (Wildman–Crippen MR) is 93.0 cm³/mol. The highest BCUT2D eigenvalue weighted by atomic mass is 79.9. The quantitative estimate of drug-likeness (QED) is 0.753. The number of anilines is 1. The number of nitrogens with one attached hydrogen (secondary N) is 1. The molecule has 118 valence electrons. The zero-order valence-electron chi connectivity index (χ0n) is 13.2. The molecular weight excluding hydrogens is 328 g/mol. The minimum atomic E-state index is 0.656. The predicted octanol–water partition coefficient (Wildman–Crippen LogP) is 3.81. The van der Waals surface area contributed by atoms with Gasteiger partial charge >= 0.3 is 0 Å². The molecule has 0 aliphatic carbocycles. The number of hydrogen-bond donors (Lipinski definition) is 1. The highest BCUT2D eigenvalue weighted by Crippen LogP contribution is 2.26. The molecule has 3 nitrogen and oxygen atoms in total. The van der Waals surface area contributed by atoms with E-state index in [-0.39, 0.29) is 0 Å². The summed E-state index contributed by atoms with van der Waals surface area (Å²) in [5.41, 5.74) is 2.68. The Bertz CT molecular complexity index is 433. The van der Waals surface area contributed by atoms with Crippen molar-refractivity contribution in [3.8, 4) is 0 Å². The molecule has 0 spiro atoms. The summed E-state index contributed by atoms with van der Waals surface area (Å²) in [5.74, 6) is 0.656. The molecule has 0 bridgehead atoms. The fourth-order valence-corrected chi connectivity index (χ4v) is 3.31. The Hall–Kier alpha value is -0.580. The molecule has 1 aromatic rings. The van der Waals surface area contributed by atoms with Crippen LogP contribution in [0.4, 0.5) is 5.69 Å². The number of benzene rings is 1. The van der Waals surface area contributed by atoms with Crippen LogP contribution in [-0.4, -0.2) is 33.4 Å². The lowest BCUT2D eigenvalue weighted by molar-refractivity contribution is 0.0576. The topological polar surface area (TPSA) is 24.5 Å². The number of ether oxygens (including phenoxy) is 1. The van der Waals surface area contributed by atoms with Crippen molar-refractivity contribution in [2.24, 2.45) is 5.92 Å². The molecule has 0 aromatic heterocycles. The van der Waals surface area contributed by atoms with Gasteiger partial charge in [-0.05, 0) is 55.5 Å². The Labute approximate surface area is 137 Å². The van der Waals surface area contributed by atoms with Gasteiger partial charge in [-0.2, -0.15) is 0 Å². The van der Waals surface area contributed by atoms with Crippen molar-refractivity contribution in [3.63, 3.8) is 0 Å². The Morgan fingerprint density at radius 1 is 1.43 bits per heavy atom. The van der Waals surface area contributed by atoms with Gasteiger partial charge in [0.15, 0.2) is 0 Å². The molecular formula is C17H27BrN2O. The molecule has 1 atom stereocenters. The van der Waals surface area contributed by atoms with Gasteiger partial charge in [0.2, 0.25) is 0 Å². The lowest BCUT2D eigenvalue weighted by atomic mass is 10.0. The van der Waals surface area contributed by atoms with Gasteiger partial charge in [0, 0.05) is 36.9 Å². The summed E-state index contributed by atoms with van der Waals surface area (Å²) in [7, 11) is 2.20. The van der Waals surface area contributed by atoms with E-state index >= 15 is 0 Å². The third-order valence-corrected chi connectivity index (χ3v) is 4.47. The van der Waals surface area contributed by atoms with Crippen molar-refractivity contribution >= 4 is 21.6 Å². The molecule has 0 saturated carbocycles. The lowest BCUT2D eigenvalue weighted by Gasteiger charge is -2.30. The summed E-state index contributed by atoms with van der Waals surface area (Å²) in [6.07, 6.45) is 3.65. The van der Waals surface area contributed by atoms with Crippen LogP contribution in [0.2, 0.25) is 0 Å². The van der Waals surface area contributed by atoms with E-state index in [0.29, 0.717) is 5.92 Å². The van der Waals surface area contributed by atoms with E-state index in [0.717, 1.165) is 37.3 Å². The van der Waals surface area contributed by atoms with E-state index < -0.39 is 0 Å². The molecule has 1 N–H and O–H groups in total. The average molecular weight is 355 g/mol. The van der Waals surface area contributed by atoms with Crippen molar-refractivity contribution in [3.05, 3.63) is 28.2 Å². The van der Waals surface area contributed by atoms with Gasteiger partial charge in [-0.15, -0.1) is 0 Å². The van der Waals surface area contributed by atoms with E-state index in [4.69, 9.17) is 4.74 Å². The average Bonchev–Trinajstić information content (AvgIpc) is 2.48. The number of halogens is 1. The van der Waals surface area contributed by atoms with Crippen LogP contribution >= 0.6 is 15.9 Å². The smallest absolute Gasteiger partial charge is 0.0511 e. The molecule has 1 aliphatic heterocycles. The SMILES string of the molecule is CCCNCc1cc(Br)ccc1N(C)CC1CCCOC1. The first-order valence-corrected chi connectivity index (χ1v) is 8.78. The van der Waals surface area contributed by atoms with Crippen molar-refractivity contribution in [1.82, 2.24) is 5.32 Å². The molecule has 2 rings (SSSR count). The van der Waals surface area contributed by atoms with Crippen LogP contribution in [0.3, 0.4) is 0 Å². The van der Waals surface area contributed by atoms with Crippen LogP contribution in [0.1, 0.15) is 31.7 Å². The van der Waals surface area contributed by atoms with Gasteiger partial charge in [-0.25, -0.2) is 0 Å². The summed E-state index contributed by atoms with van der Waals surface area (Å²) in [6.45, 7) is 7.10. The van der Waals surface area contributed by atoms with E-state index in [1.54, 1.807) is 0 Å². The second kappa shape index (κ2) is 8.76. The highest BCUT2D eigenvalue weighted by molar-refractivity contribution is 9.10. The molecule has 1 aliphatic rings. The van der Waals surface area contributed by atoms with Gasteiger partial charge in [-0.1, -0.05) is 22.9 Å². The molecule has 1 unspecified atom stereocenters. The Morgan fingerprint density at radius 2 is 2.29 bits per heavy atom. The molecule has 1 heterocycles. The maximum atomic E-state index is 5.60. The van der Waals surface area contributed by atoms with Crippen LogP contribution < -0.4 is 10.2 Å². The maximum absolute atomic E-state index is 5.60. The fourth-order valence-electron chi connectivity index (χ4n) is 2.90. The molecule has 0 radical (unpaired) electrons. The molecule has 1 aromatic carbocycles. The van der Waals surface area contributed by atoms with E-state index in [2.05, 4.69) is 58.3 Å². The number of rotatable bonds is 7. The third kappa shape index (κ3) is 5.28. The second-order valence-corrected chi connectivity index (χ2v) is 6.83. The van der Waals surface area contributed by atoms with E-state index in [1.165, 1.54) is 30.5 Å². The van der Waals surface area contributed by atoms with Crippen molar-refractivity contribution in [2.75, 3.05) is 38.3 Å². The number of hydrogen-bond acceptors (Lipinski definition) is 3. The fraction of sp³-hybridized carbons (Fsp3) is 0.647. The molecule has 1 saturated heterocycles. The Kier molecular flexibility index (Phi) is 7.00. The van der Waals surface area contributed by atoms with Crippen molar-refractivity contribution in [2.45, 2.75) is 32.7 Å². The zero-order chi connectivity index (χ0) is 15.1. The maximum Gasteiger partial charge on any atom is 0.0511 e. The van der Waals surface area contributed by atoms with Crippen LogP contribution in [0.5, 0.6) is 0 Å². The van der Waals surface area contributed by atoms with E-state index in [9.17, 15) is 0 Å². The second-order valence-electron chi connectivity index (χ2n) is 5.91. The monoisotopic (exact) mass is 354 g/mol. The number of nitrogens with zero attached hydrogens (tertiary/aromatic N) is 1. The minimum absolute atomic E-state index is 0.656. The molecule has 4 heteroatoms. The normalized spacial score (nSPS) is 18.7. The summed E-state index contributed by atoms with van der Waals surface area (Å²) >= 11 is 3.59. The van der Waals surface area contributed by atoms with Crippen molar-refractivity contribution < 1.29 is 4.74 Å². The van der Waals surface area contributed by atoms with Gasteiger partial charge in [0.05, 0.1) is 6.61 Å². The van der Waals surface area contributed by atoms with Crippen LogP contribution in [-0.2, 0) is 11.3 Å². The summed E-state index contributed by atoms with van der Waals surface area (Å²) in [5, 5.41) is 3.51. The Morgan fingerprint density at radius 3 is 3.00 bits per heavy atom. The first kappa shape index (κ1) is 16.8. The minimum Gasteiger partial charge on any atom is -0.381 e. The van der Waals surface area contributed by atoms with Gasteiger partial charge < -0.3 is 15.0 Å². The van der Waals surface area contributed by atoms with Gasteiger partial charge in [-0.3, -0.25) is 0 Å². The highest BCUT2D eigenvalue weighted by Gasteiger charge is 2.17. The standard InChI is InChI=1S/C17H27BrN2O/c1-3-8-19-11-15-10-16(18)6-7-17(15)20(2)12-14-5-4-9-21-13-14/h6-7,10,14,19H,3-5,8-9,11-13H2,1-2H3. The Balaban J connectivity index is 2.01. The first-order valence-electron chi connectivity index (χ1n) is 7.98. The summed E-state index contributed by atoms with van der Waals surface area (Å²) in [6, 6.07) is 6.58. The van der Waals surface area contributed by atoms with Crippen LogP contribution in [0, 0.1) is 5.92 Å². The van der Waals surface area contributed by atoms with Gasteiger partial charge in [0.25, 0.3) is 0 Å².